The first-order valence-electron chi connectivity index (χ1n) is 8.64. The summed E-state index contributed by atoms with van der Waals surface area (Å²) < 4.78 is 42.0. The quantitative estimate of drug-likeness (QED) is 0.584. The maximum Gasteiger partial charge on any atom is 0.262 e. The van der Waals surface area contributed by atoms with Crippen LogP contribution in [0, 0.1) is 11.7 Å². The van der Waals surface area contributed by atoms with E-state index in [4.69, 9.17) is 4.42 Å². The van der Waals surface area contributed by atoms with Crippen LogP contribution in [-0.2, 0) is 19.4 Å². The van der Waals surface area contributed by atoms with Gasteiger partial charge in [-0.05, 0) is 42.7 Å². The van der Waals surface area contributed by atoms with Crippen molar-refractivity contribution in [2.75, 3.05) is 11.5 Å². The van der Waals surface area contributed by atoms with Crippen LogP contribution in [0.15, 0.2) is 46.9 Å². The standard InChI is InChI=1S/C19H19FN2O5S/c20-16-4-2-1-3-15(16)17-7-5-14(27-17)6-8-18(23)21-22-19(24)11-13-9-10-28(25,26)12-13/h1-8,13H,9-12H2,(H,21,23)(H,22,24)/b8-6+/t13-/m0/s1. The number of amides is 2. The molecule has 1 fully saturated rings. The summed E-state index contributed by atoms with van der Waals surface area (Å²) in [5, 5.41) is 0. The van der Waals surface area contributed by atoms with Gasteiger partial charge in [-0.15, -0.1) is 0 Å². The maximum absolute atomic E-state index is 13.7. The van der Waals surface area contributed by atoms with Crippen molar-refractivity contribution in [3.63, 3.8) is 0 Å². The van der Waals surface area contributed by atoms with E-state index in [0.717, 1.165) is 6.08 Å². The van der Waals surface area contributed by atoms with E-state index in [1.54, 1.807) is 30.3 Å². The number of carbonyl (C=O) groups excluding carboxylic acids is 2. The minimum Gasteiger partial charge on any atom is -0.457 e. The van der Waals surface area contributed by atoms with Gasteiger partial charge in [-0.3, -0.25) is 20.4 Å². The van der Waals surface area contributed by atoms with Crippen molar-refractivity contribution < 1.29 is 26.8 Å². The van der Waals surface area contributed by atoms with E-state index in [9.17, 15) is 22.4 Å². The Morgan fingerprint density at radius 1 is 1.18 bits per heavy atom. The van der Waals surface area contributed by atoms with Gasteiger partial charge in [-0.2, -0.15) is 0 Å². The molecule has 28 heavy (non-hydrogen) atoms. The largest absolute Gasteiger partial charge is 0.457 e. The van der Waals surface area contributed by atoms with Crippen LogP contribution in [0.25, 0.3) is 17.4 Å². The molecular formula is C19H19FN2O5S. The Labute approximate surface area is 161 Å². The minimum absolute atomic E-state index is 0.00287. The minimum atomic E-state index is -3.04. The van der Waals surface area contributed by atoms with Gasteiger partial charge in [-0.1, -0.05) is 12.1 Å². The molecule has 0 spiro atoms. The van der Waals surface area contributed by atoms with Crippen molar-refractivity contribution in [1.82, 2.24) is 10.9 Å². The van der Waals surface area contributed by atoms with Crippen LogP contribution in [0.2, 0.25) is 0 Å². The summed E-state index contributed by atoms with van der Waals surface area (Å²) in [7, 11) is -3.04. The second kappa shape index (κ2) is 8.39. The van der Waals surface area contributed by atoms with Gasteiger partial charge in [0, 0.05) is 12.5 Å². The fourth-order valence-corrected chi connectivity index (χ4v) is 4.79. The summed E-state index contributed by atoms with van der Waals surface area (Å²) in [4.78, 5) is 23.6. The first-order valence-corrected chi connectivity index (χ1v) is 10.5. The lowest BCUT2D eigenvalue weighted by Crippen LogP contribution is -2.41. The molecular weight excluding hydrogens is 387 g/mol. The number of hydrogen-bond acceptors (Lipinski definition) is 5. The van der Waals surface area contributed by atoms with Crippen LogP contribution < -0.4 is 10.9 Å². The van der Waals surface area contributed by atoms with E-state index in [0.29, 0.717) is 23.5 Å². The molecule has 2 heterocycles. The smallest absolute Gasteiger partial charge is 0.262 e. The summed E-state index contributed by atoms with van der Waals surface area (Å²) in [5.74, 6) is -0.913. The van der Waals surface area contributed by atoms with Gasteiger partial charge in [0.25, 0.3) is 5.91 Å². The number of nitrogens with one attached hydrogen (secondary N) is 2. The maximum atomic E-state index is 13.7. The van der Waals surface area contributed by atoms with Gasteiger partial charge >= 0.3 is 0 Å². The average molecular weight is 406 g/mol. The van der Waals surface area contributed by atoms with E-state index in [1.165, 1.54) is 12.1 Å². The van der Waals surface area contributed by atoms with Crippen LogP contribution in [0.5, 0.6) is 0 Å². The molecule has 1 aliphatic heterocycles. The molecule has 1 aromatic carbocycles. The Morgan fingerprint density at radius 3 is 2.68 bits per heavy atom. The third-order valence-electron chi connectivity index (χ3n) is 4.29. The molecule has 0 radical (unpaired) electrons. The van der Waals surface area contributed by atoms with Crippen LogP contribution in [0.1, 0.15) is 18.6 Å². The summed E-state index contributed by atoms with van der Waals surface area (Å²) in [6.45, 7) is 0. The summed E-state index contributed by atoms with van der Waals surface area (Å²) in [6.07, 6.45) is 3.03. The highest BCUT2D eigenvalue weighted by Gasteiger charge is 2.29. The first-order chi connectivity index (χ1) is 13.3. The van der Waals surface area contributed by atoms with Crippen LogP contribution in [-0.4, -0.2) is 31.7 Å². The number of hydrazine groups is 1. The number of sulfone groups is 1. The van der Waals surface area contributed by atoms with Crippen molar-refractivity contribution in [2.45, 2.75) is 12.8 Å². The molecule has 1 aromatic heterocycles. The van der Waals surface area contributed by atoms with Crippen molar-refractivity contribution in [2.24, 2.45) is 5.92 Å². The molecule has 1 saturated heterocycles. The summed E-state index contributed by atoms with van der Waals surface area (Å²) in [6, 6.07) is 9.35. The average Bonchev–Trinajstić information content (AvgIpc) is 3.25. The van der Waals surface area contributed by atoms with Gasteiger partial charge in [0.05, 0.1) is 17.1 Å². The van der Waals surface area contributed by atoms with Crippen molar-refractivity contribution in [3.05, 3.63) is 54.1 Å². The molecule has 2 N–H and O–H groups in total. The van der Waals surface area contributed by atoms with Gasteiger partial charge < -0.3 is 4.42 Å². The van der Waals surface area contributed by atoms with Crippen molar-refractivity contribution in [1.29, 1.82) is 0 Å². The van der Waals surface area contributed by atoms with Gasteiger partial charge in [0.2, 0.25) is 5.91 Å². The molecule has 0 unspecified atom stereocenters. The molecule has 1 atom stereocenters. The third kappa shape index (κ3) is 5.29. The van der Waals surface area contributed by atoms with E-state index in [2.05, 4.69) is 10.9 Å². The molecule has 148 valence electrons. The predicted octanol–water partition coefficient (Wildman–Crippen LogP) is 2.07. The highest BCUT2D eigenvalue weighted by atomic mass is 32.2. The predicted molar refractivity (Wildman–Crippen MR) is 101 cm³/mol. The molecule has 0 saturated carbocycles. The lowest BCUT2D eigenvalue weighted by molar-refractivity contribution is -0.127. The highest BCUT2D eigenvalue weighted by Crippen LogP contribution is 2.25. The van der Waals surface area contributed by atoms with Crippen LogP contribution in [0.4, 0.5) is 4.39 Å². The highest BCUT2D eigenvalue weighted by molar-refractivity contribution is 7.91. The Kier molecular flexibility index (Phi) is 5.93. The lowest BCUT2D eigenvalue weighted by Gasteiger charge is -2.08. The Bertz CT molecular complexity index is 1010. The van der Waals surface area contributed by atoms with Gasteiger partial charge in [-0.25, -0.2) is 12.8 Å². The number of benzene rings is 1. The molecule has 0 aliphatic carbocycles. The SMILES string of the molecule is O=C(/C=C/c1ccc(-c2ccccc2F)o1)NNC(=O)C[C@@H]1CCS(=O)(=O)C1. The normalized spacial score (nSPS) is 18.2. The van der Waals surface area contributed by atoms with Gasteiger partial charge in [0.1, 0.15) is 17.3 Å². The van der Waals surface area contributed by atoms with Crippen LogP contribution in [0.3, 0.4) is 0 Å². The second-order valence-electron chi connectivity index (χ2n) is 6.53. The van der Waals surface area contributed by atoms with E-state index < -0.39 is 27.5 Å². The molecule has 1 aliphatic rings. The Morgan fingerprint density at radius 2 is 1.96 bits per heavy atom. The Hall–Kier alpha value is -2.94. The fourth-order valence-electron chi connectivity index (χ4n) is 2.93. The van der Waals surface area contributed by atoms with Gasteiger partial charge in [0.15, 0.2) is 9.84 Å². The molecule has 2 aromatic rings. The Balaban J connectivity index is 1.48. The van der Waals surface area contributed by atoms with E-state index >= 15 is 0 Å². The zero-order chi connectivity index (χ0) is 20.1. The number of rotatable bonds is 5. The molecule has 0 bridgehead atoms. The summed E-state index contributed by atoms with van der Waals surface area (Å²) in [5.41, 5.74) is 4.78. The van der Waals surface area contributed by atoms with E-state index in [1.807, 2.05) is 0 Å². The number of carbonyl (C=O) groups is 2. The van der Waals surface area contributed by atoms with E-state index in [-0.39, 0.29) is 23.8 Å². The monoisotopic (exact) mass is 406 g/mol. The number of furan rings is 1. The van der Waals surface area contributed by atoms with Crippen LogP contribution >= 0.6 is 0 Å². The molecule has 7 nitrogen and oxygen atoms in total. The number of halogens is 1. The van der Waals surface area contributed by atoms with Crippen molar-refractivity contribution >= 4 is 27.7 Å². The second-order valence-corrected chi connectivity index (χ2v) is 8.75. The zero-order valence-corrected chi connectivity index (χ0v) is 15.7. The molecule has 9 heteroatoms. The van der Waals surface area contributed by atoms with Crippen molar-refractivity contribution in [3.8, 4) is 11.3 Å². The molecule has 3 rings (SSSR count). The third-order valence-corrected chi connectivity index (χ3v) is 6.13. The molecule has 2 amide bonds. The zero-order valence-electron chi connectivity index (χ0n) is 14.9. The number of hydrogen-bond donors (Lipinski definition) is 2. The topological polar surface area (TPSA) is 105 Å². The fraction of sp³-hybridized carbons (Fsp3) is 0.263. The first kappa shape index (κ1) is 19.8. The lowest BCUT2D eigenvalue weighted by atomic mass is 10.1. The summed E-state index contributed by atoms with van der Waals surface area (Å²) >= 11 is 0.